The van der Waals surface area contributed by atoms with E-state index in [1.165, 1.54) is 4.90 Å². The maximum atomic E-state index is 13.9. The number of para-hydroxylation sites is 1. The zero-order valence-electron chi connectivity index (χ0n) is 27.0. The van der Waals surface area contributed by atoms with Crippen molar-refractivity contribution in [3.8, 4) is 5.75 Å². The van der Waals surface area contributed by atoms with Crippen LogP contribution in [0.25, 0.3) is 6.08 Å². The molecule has 2 aliphatic rings. The van der Waals surface area contributed by atoms with Crippen molar-refractivity contribution in [1.29, 1.82) is 0 Å². The Morgan fingerprint density at radius 2 is 1.67 bits per heavy atom. The summed E-state index contributed by atoms with van der Waals surface area (Å²) < 4.78 is 5.50. The molecule has 1 aliphatic carbocycles. The van der Waals surface area contributed by atoms with Crippen molar-refractivity contribution in [2.75, 3.05) is 30.5 Å². The average molecular weight is 625 g/mol. The summed E-state index contributed by atoms with van der Waals surface area (Å²) in [6, 6.07) is 20.8. The first-order chi connectivity index (χ1) is 22.2. The third kappa shape index (κ3) is 6.79. The molecule has 2 amide bonds. The fraction of sp³-hybridized carbons (Fsp3) is 0.368. The molecule has 4 N–H and O–H groups in total. The fourth-order valence-electron chi connectivity index (χ4n) is 7.04. The molecule has 0 bridgehead atoms. The maximum Gasteiger partial charge on any atom is 0.238 e. The number of aryl methyl sites for hydroxylation is 2. The molecule has 0 spiro atoms. The lowest BCUT2D eigenvalue weighted by molar-refractivity contribution is -0.123. The van der Waals surface area contributed by atoms with Gasteiger partial charge in [0.15, 0.2) is 0 Å². The minimum absolute atomic E-state index is 0.204. The Kier molecular flexibility index (Phi) is 10.4. The van der Waals surface area contributed by atoms with Gasteiger partial charge in [-0.2, -0.15) is 0 Å². The number of phenols is 1. The standard InChI is InChI=1S/C38H44N2O6/c1-5-25(19-26-17-23(2)36(43)24(3)18-26)11-16-33(42)34-27(22-46-4)20-31-35(32(34)21-41)38(45)40(37(31)44)30-14-12-29(13-15-30)39-28-9-7-6-8-10-28/h6-10,12-15,17-19,31-33,35,39,41-43H,5,11,16,20-22H2,1-4H3/b25-19+/t31-,32+,33-,35-/m1/s1. The summed E-state index contributed by atoms with van der Waals surface area (Å²) in [5, 5.41) is 35.7. The summed E-state index contributed by atoms with van der Waals surface area (Å²) in [5.41, 5.74) is 7.36. The van der Waals surface area contributed by atoms with Crippen LogP contribution in [0.5, 0.6) is 5.75 Å². The summed E-state index contributed by atoms with van der Waals surface area (Å²) in [5.74, 6) is -2.46. The highest BCUT2D eigenvalue weighted by atomic mass is 16.5. The minimum Gasteiger partial charge on any atom is -0.507 e. The predicted octanol–water partition coefficient (Wildman–Crippen LogP) is 6.45. The molecule has 0 radical (unpaired) electrons. The van der Waals surface area contributed by atoms with E-state index in [1.807, 2.05) is 68.4 Å². The van der Waals surface area contributed by atoms with E-state index in [0.717, 1.165) is 45.6 Å². The van der Waals surface area contributed by atoms with E-state index < -0.39 is 23.9 Å². The van der Waals surface area contributed by atoms with Crippen LogP contribution in [0.3, 0.4) is 0 Å². The first kappa shape index (κ1) is 33.1. The van der Waals surface area contributed by atoms with Crippen molar-refractivity contribution >= 4 is 35.0 Å². The molecule has 3 aromatic rings. The Bertz CT molecular complexity index is 1610. The summed E-state index contributed by atoms with van der Waals surface area (Å²) in [6.45, 7) is 5.65. The van der Waals surface area contributed by atoms with Gasteiger partial charge >= 0.3 is 0 Å². The number of allylic oxidation sites excluding steroid dienone is 1. The molecule has 0 saturated carbocycles. The summed E-state index contributed by atoms with van der Waals surface area (Å²) in [7, 11) is 1.57. The Morgan fingerprint density at radius 1 is 1.02 bits per heavy atom. The Morgan fingerprint density at radius 3 is 2.28 bits per heavy atom. The second-order valence-electron chi connectivity index (χ2n) is 12.4. The van der Waals surface area contributed by atoms with Gasteiger partial charge < -0.3 is 25.4 Å². The second kappa shape index (κ2) is 14.5. The Hall–Kier alpha value is -4.24. The Balaban J connectivity index is 1.36. The van der Waals surface area contributed by atoms with E-state index >= 15 is 0 Å². The quantitative estimate of drug-likeness (QED) is 0.135. The molecule has 1 heterocycles. The fourth-order valence-corrected chi connectivity index (χ4v) is 7.04. The zero-order chi connectivity index (χ0) is 33.0. The third-order valence-electron chi connectivity index (χ3n) is 9.32. The number of carbonyl (C=O) groups is 2. The van der Waals surface area contributed by atoms with Gasteiger partial charge in [0, 0.05) is 24.4 Å². The van der Waals surface area contributed by atoms with Crippen molar-refractivity contribution in [3.63, 3.8) is 0 Å². The number of benzene rings is 3. The number of rotatable bonds is 12. The molecule has 5 rings (SSSR count). The van der Waals surface area contributed by atoms with Crippen LogP contribution in [-0.2, 0) is 14.3 Å². The lowest BCUT2D eigenvalue weighted by Gasteiger charge is -2.36. The molecule has 242 valence electrons. The average Bonchev–Trinajstić information content (AvgIpc) is 3.30. The third-order valence-corrected chi connectivity index (χ3v) is 9.32. The van der Waals surface area contributed by atoms with Gasteiger partial charge in [0.1, 0.15) is 5.75 Å². The van der Waals surface area contributed by atoms with Gasteiger partial charge in [-0.25, -0.2) is 0 Å². The molecule has 4 atom stereocenters. The normalized spacial score (nSPS) is 20.7. The predicted molar refractivity (Wildman–Crippen MR) is 181 cm³/mol. The van der Waals surface area contributed by atoms with Gasteiger partial charge in [-0.15, -0.1) is 0 Å². The number of anilines is 3. The second-order valence-corrected chi connectivity index (χ2v) is 12.4. The van der Waals surface area contributed by atoms with Crippen LogP contribution in [-0.4, -0.2) is 53.6 Å². The molecule has 3 aromatic carbocycles. The van der Waals surface area contributed by atoms with E-state index in [1.54, 1.807) is 19.2 Å². The maximum absolute atomic E-state index is 13.9. The number of fused-ring (bicyclic) bond motifs is 1. The number of amides is 2. The Labute approximate surface area is 271 Å². The molecule has 0 aromatic heterocycles. The SMILES string of the molecule is CC/C(=C\c1cc(C)c(O)c(C)c1)CC[C@@H](O)C1=C(COC)C[C@H]2C(=O)N(c3ccc(Nc4ccccc4)cc3)C(=O)[C@H]2[C@H]1CO. The highest BCUT2D eigenvalue weighted by molar-refractivity contribution is 6.22. The molecular weight excluding hydrogens is 580 g/mol. The van der Waals surface area contributed by atoms with E-state index in [9.17, 15) is 24.9 Å². The van der Waals surface area contributed by atoms with Crippen molar-refractivity contribution in [3.05, 3.63) is 100 Å². The number of nitrogens with zero attached hydrogens (tertiary/aromatic N) is 1. The van der Waals surface area contributed by atoms with E-state index in [2.05, 4.69) is 18.3 Å². The highest BCUT2D eigenvalue weighted by Gasteiger charge is 2.55. The van der Waals surface area contributed by atoms with Crippen LogP contribution in [0.2, 0.25) is 0 Å². The smallest absolute Gasteiger partial charge is 0.238 e. The number of ether oxygens (including phenoxy) is 1. The molecular formula is C38H44N2O6. The largest absolute Gasteiger partial charge is 0.507 e. The van der Waals surface area contributed by atoms with E-state index in [4.69, 9.17) is 4.74 Å². The molecule has 8 nitrogen and oxygen atoms in total. The van der Waals surface area contributed by atoms with Crippen molar-refractivity contribution in [2.24, 2.45) is 17.8 Å². The highest BCUT2D eigenvalue weighted by Crippen LogP contribution is 2.47. The molecule has 1 saturated heterocycles. The zero-order valence-corrected chi connectivity index (χ0v) is 27.0. The van der Waals surface area contributed by atoms with Crippen LogP contribution in [0, 0.1) is 31.6 Å². The van der Waals surface area contributed by atoms with Gasteiger partial charge in [-0.05, 0) is 116 Å². The van der Waals surface area contributed by atoms with Crippen LogP contribution >= 0.6 is 0 Å². The molecule has 8 heteroatoms. The van der Waals surface area contributed by atoms with Crippen molar-refractivity contribution in [2.45, 2.75) is 52.6 Å². The summed E-state index contributed by atoms with van der Waals surface area (Å²) in [6.07, 6.45) is 3.25. The van der Waals surface area contributed by atoms with Gasteiger partial charge in [0.05, 0.1) is 36.8 Å². The van der Waals surface area contributed by atoms with Crippen LogP contribution in [0.15, 0.2) is 83.4 Å². The first-order valence-electron chi connectivity index (χ1n) is 16.0. The van der Waals surface area contributed by atoms with Gasteiger partial charge in [0.25, 0.3) is 0 Å². The number of aliphatic hydroxyl groups excluding tert-OH is 2. The van der Waals surface area contributed by atoms with Crippen molar-refractivity contribution in [1.82, 2.24) is 0 Å². The lowest BCUT2D eigenvalue weighted by atomic mass is 9.68. The number of phenolic OH excluding ortho intramolecular Hbond substituents is 1. The number of methoxy groups -OCH3 is 1. The molecule has 46 heavy (non-hydrogen) atoms. The van der Waals surface area contributed by atoms with E-state index in [0.29, 0.717) is 36.3 Å². The van der Waals surface area contributed by atoms with Gasteiger partial charge in [-0.3, -0.25) is 14.5 Å². The number of imide groups is 1. The van der Waals surface area contributed by atoms with Crippen LogP contribution in [0.4, 0.5) is 17.1 Å². The minimum atomic E-state index is -0.915. The summed E-state index contributed by atoms with van der Waals surface area (Å²) in [4.78, 5) is 28.9. The van der Waals surface area contributed by atoms with Gasteiger partial charge in [-0.1, -0.05) is 36.8 Å². The number of aromatic hydroxyl groups is 1. The first-order valence-corrected chi connectivity index (χ1v) is 16.0. The molecule has 1 fully saturated rings. The molecule has 0 unspecified atom stereocenters. The monoisotopic (exact) mass is 624 g/mol. The van der Waals surface area contributed by atoms with Gasteiger partial charge in [0.2, 0.25) is 11.8 Å². The molecule has 1 aliphatic heterocycles. The lowest BCUT2D eigenvalue weighted by Crippen LogP contribution is -2.39. The number of carbonyl (C=O) groups excluding carboxylic acids is 2. The summed E-state index contributed by atoms with van der Waals surface area (Å²) >= 11 is 0. The van der Waals surface area contributed by atoms with Crippen LogP contribution < -0.4 is 10.2 Å². The number of nitrogens with one attached hydrogen (secondary N) is 1. The number of hydrogen-bond acceptors (Lipinski definition) is 7. The number of aliphatic hydroxyl groups is 2. The van der Waals surface area contributed by atoms with E-state index in [-0.39, 0.29) is 25.0 Å². The number of hydrogen-bond donors (Lipinski definition) is 4. The van der Waals surface area contributed by atoms with Crippen molar-refractivity contribution < 1.29 is 29.6 Å². The van der Waals surface area contributed by atoms with Crippen LogP contribution in [0.1, 0.15) is 49.3 Å². The topological polar surface area (TPSA) is 119 Å².